The topological polar surface area (TPSA) is 43.1 Å². The average molecular weight is 197 g/mol. The fourth-order valence-electron chi connectivity index (χ4n) is 1.01. The monoisotopic (exact) mass is 197 g/mol. The van der Waals surface area contributed by atoms with Crippen LogP contribution in [-0.2, 0) is 16.6 Å². The van der Waals surface area contributed by atoms with Crippen molar-refractivity contribution in [1.82, 2.24) is 0 Å². The van der Waals surface area contributed by atoms with E-state index in [9.17, 15) is 4.21 Å². The summed E-state index contributed by atoms with van der Waals surface area (Å²) in [6, 6.07) is 7.56. The third kappa shape index (κ3) is 3.19. The molecule has 0 spiro atoms. The van der Waals surface area contributed by atoms with Crippen LogP contribution in [0.1, 0.15) is 19.4 Å². The van der Waals surface area contributed by atoms with Crippen LogP contribution in [0, 0.1) is 0 Å². The van der Waals surface area contributed by atoms with Crippen LogP contribution in [0.25, 0.3) is 0 Å². The molecule has 0 aliphatic carbocycles. The van der Waals surface area contributed by atoms with Crippen molar-refractivity contribution in [3.63, 3.8) is 0 Å². The minimum atomic E-state index is -0.787. The molecule has 0 aromatic heterocycles. The third-order valence-corrected chi connectivity index (χ3v) is 3.46. The highest BCUT2D eigenvalue weighted by atomic mass is 32.2. The van der Waals surface area contributed by atoms with Crippen molar-refractivity contribution in [2.45, 2.75) is 24.9 Å². The summed E-state index contributed by atoms with van der Waals surface area (Å²) >= 11 is 0. The molecule has 1 rings (SSSR count). The Morgan fingerprint density at radius 3 is 2.69 bits per heavy atom. The standard InChI is InChI=1S/C10H15NOS/c1-8(2)13(12)7-9-4-3-5-10(11)6-9/h3-6,8H,7,11H2,1-2H3. The maximum Gasteiger partial charge on any atom is 0.0489 e. The summed E-state index contributed by atoms with van der Waals surface area (Å²) in [4.78, 5) is 0. The van der Waals surface area contributed by atoms with Gasteiger partial charge in [0.15, 0.2) is 0 Å². The van der Waals surface area contributed by atoms with Crippen LogP contribution in [-0.4, -0.2) is 9.46 Å². The molecular formula is C10H15NOS. The molecule has 0 fully saturated rings. The number of anilines is 1. The lowest BCUT2D eigenvalue weighted by molar-refractivity contribution is 0.676. The normalized spacial score (nSPS) is 13.2. The first-order chi connectivity index (χ1) is 6.09. The van der Waals surface area contributed by atoms with E-state index in [2.05, 4.69) is 0 Å². The lowest BCUT2D eigenvalue weighted by Gasteiger charge is -2.05. The van der Waals surface area contributed by atoms with Crippen molar-refractivity contribution in [3.8, 4) is 0 Å². The Morgan fingerprint density at radius 2 is 2.15 bits per heavy atom. The van der Waals surface area contributed by atoms with Crippen LogP contribution in [0.5, 0.6) is 0 Å². The molecule has 72 valence electrons. The first-order valence-corrected chi connectivity index (χ1v) is 5.69. The number of benzene rings is 1. The molecule has 0 saturated carbocycles. The first kappa shape index (κ1) is 10.3. The highest BCUT2D eigenvalue weighted by molar-refractivity contribution is 7.84. The van der Waals surface area contributed by atoms with Gasteiger partial charge in [-0.3, -0.25) is 4.21 Å². The maximum atomic E-state index is 11.5. The molecule has 0 bridgehead atoms. The van der Waals surface area contributed by atoms with Crippen LogP contribution < -0.4 is 5.73 Å². The summed E-state index contributed by atoms with van der Waals surface area (Å²) in [5.74, 6) is 0.600. The molecular weight excluding hydrogens is 182 g/mol. The Balaban J connectivity index is 2.69. The van der Waals surface area contributed by atoms with Gasteiger partial charge < -0.3 is 5.73 Å². The van der Waals surface area contributed by atoms with Gasteiger partial charge in [0.1, 0.15) is 0 Å². The van der Waals surface area contributed by atoms with Gasteiger partial charge in [-0.15, -0.1) is 0 Å². The lowest BCUT2D eigenvalue weighted by atomic mass is 10.2. The number of rotatable bonds is 3. The van der Waals surface area contributed by atoms with Crippen molar-refractivity contribution in [2.75, 3.05) is 5.73 Å². The molecule has 1 aromatic carbocycles. The summed E-state index contributed by atoms with van der Waals surface area (Å²) in [6.07, 6.45) is 0. The zero-order valence-corrected chi connectivity index (χ0v) is 8.80. The van der Waals surface area contributed by atoms with Crippen molar-refractivity contribution in [2.24, 2.45) is 0 Å². The molecule has 3 heteroatoms. The fraction of sp³-hybridized carbons (Fsp3) is 0.400. The Labute approximate surface area is 81.6 Å². The number of hydrogen-bond donors (Lipinski definition) is 1. The van der Waals surface area contributed by atoms with Gasteiger partial charge in [0.25, 0.3) is 0 Å². The van der Waals surface area contributed by atoms with E-state index >= 15 is 0 Å². The zero-order chi connectivity index (χ0) is 9.84. The molecule has 0 radical (unpaired) electrons. The summed E-state index contributed by atoms with van der Waals surface area (Å²) < 4.78 is 11.5. The number of hydrogen-bond acceptors (Lipinski definition) is 2. The molecule has 0 aliphatic heterocycles. The summed E-state index contributed by atoms with van der Waals surface area (Å²) in [7, 11) is -0.787. The SMILES string of the molecule is CC(C)S(=O)Cc1cccc(N)c1. The quantitative estimate of drug-likeness (QED) is 0.752. The lowest BCUT2D eigenvalue weighted by Crippen LogP contribution is -2.07. The Bertz CT molecular complexity index is 310. The molecule has 0 amide bonds. The second-order valence-electron chi connectivity index (χ2n) is 3.32. The van der Waals surface area contributed by atoms with E-state index in [1.54, 1.807) is 0 Å². The van der Waals surface area contributed by atoms with E-state index in [1.807, 2.05) is 38.1 Å². The van der Waals surface area contributed by atoms with Gasteiger partial charge in [-0.2, -0.15) is 0 Å². The van der Waals surface area contributed by atoms with Gasteiger partial charge in [-0.05, 0) is 17.7 Å². The molecule has 0 saturated heterocycles. The van der Waals surface area contributed by atoms with Gasteiger partial charge in [-0.1, -0.05) is 26.0 Å². The molecule has 13 heavy (non-hydrogen) atoms. The summed E-state index contributed by atoms with van der Waals surface area (Å²) in [5.41, 5.74) is 7.39. The highest BCUT2D eigenvalue weighted by Gasteiger charge is 2.05. The summed E-state index contributed by atoms with van der Waals surface area (Å²) in [5, 5.41) is 0.210. The molecule has 1 atom stereocenters. The van der Waals surface area contributed by atoms with E-state index in [-0.39, 0.29) is 5.25 Å². The van der Waals surface area contributed by atoms with E-state index in [1.165, 1.54) is 0 Å². The van der Waals surface area contributed by atoms with Gasteiger partial charge >= 0.3 is 0 Å². The smallest absolute Gasteiger partial charge is 0.0489 e. The van der Waals surface area contributed by atoms with Crippen LogP contribution >= 0.6 is 0 Å². The molecule has 1 aromatic rings. The zero-order valence-electron chi connectivity index (χ0n) is 7.99. The van der Waals surface area contributed by atoms with Crippen LogP contribution in [0.15, 0.2) is 24.3 Å². The van der Waals surface area contributed by atoms with Crippen molar-refractivity contribution in [3.05, 3.63) is 29.8 Å². The van der Waals surface area contributed by atoms with Crippen molar-refractivity contribution in [1.29, 1.82) is 0 Å². The minimum absolute atomic E-state index is 0.210. The largest absolute Gasteiger partial charge is 0.399 e. The predicted octanol–water partition coefficient (Wildman–Crippen LogP) is 1.93. The Hall–Kier alpha value is -0.830. The van der Waals surface area contributed by atoms with Gasteiger partial charge in [0.05, 0.1) is 0 Å². The van der Waals surface area contributed by atoms with E-state index in [4.69, 9.17) is 5.73 Å². The first-order valence-electron chi connectivity index (χ1n) is 4.31. The van der Waals surface area contributed by atoms with Gasteiger partial charge in [-0.25, -0.2) is 0 Å². The second-order valence-corrected chi connectivity index (χ2v) is 5.31. The number of nitrogens with two attached hydrogens (primary N) is 1. The Kier molecular flexibility index (Phi) is 3.48. The van der Waals surface area contributed by atoms with E-state index in [0.29, 0.717) is 5.75 Å². The summed E-state index contributed by atoms with van der Waals surface area (Å²) in [6.45, 7) is 3.92. The molecule has 2 N–H and O–H groups in total. The van der Waals surface area contributed by atoms with Gasteiger partial charge in [0.2, 0.25) is 0 Å². The van der Waals surface area contributed by atoms with E-state index in [0.717, 1.165) is 11.3 Å². The van der Waals surface area contributed by atoms with Crippen molar-refractivity contribution >= 4 is 16.5 Å². The number of nitrogen functional groups attached to an aromatic ring is 1. The van der Waals surface area contributed by atoms with Gasteiger partial charge in [0, 0.05) is 27.5 Å². The molecule has 1 unspecified atom stereocenters. The second kappa shape index (κ2) is 4.42. The van der Waals surface area contributed by atoms with Crippen molar-refractivity contribution < 1.29 is 4.21 Å². The fourth-order valence-corrected chi connectivity index (χ4v) is 1.86. The van der Waals surface area contributed by atoms with Crippen LogP contribution in [0.2, 0.25) is 0 Å². The highest BCUT2D eigenvalue weighted by Crippen LogP contribution is 2.10. The third-order valence-electron chi connectivity index (χ3n) is 1.79. The average Bonchev–Trinajstić information content (AvgIpc) is 2.04. The maximum absolute atomic E-state index is 11.5. The minimum Gasteiger partial charge on any atom is -0.399 e. The van der Waals surface area contributed by atoms with Crippen LogP contribution in [0.4, 0.5) is 5.69 Å². The van der Waals surface area contributed by atoms with Crippen LogP contribution in [0.3, 0.4) is 0 Å². The molecule has 0 aliphatic rings. The Morgan fingerprint density at radius 1 is 1.46 bits per heavy atom. The van der Waals surface area contributed by atoms with E-state index < -0.39 is 10.8 Å². The predicted molar refractivity (Wildman–Crippen MR) is 57.8 cm³/mol. The molecule has 2 nitrogen and oxygen atoms in total. The molecule has 0 heterocycles.